The standard InChI is InChI=1S/C18H17Cl2NO2/c19-14-10-13(11-15(20)16(14)22)21-17(23)18(8-4-5-9-18)12-6-2-1-3-7-12/h1-3,6-7,10-11,22H,4-5,8-9H2,(H,21,23). The summed E-state index contributed by atoms with van der Waals surface area (Å²) in [6, 6.07) is 12.9. The molecule has 1 fully saturated rings. The van der Waals surface area contributed by atoms with Gasteiger partial charge in [0.05, 0.1) is 15.5 Å². The van der Waals surface area contributed by atoms with Crippen LogP contribution in [-0.4, -0.2) is 11.0 Å². The summed E-state index contributed by atoms with van der Waals surface area (Å²) in [4.78, 5) is 13.0. The van der Waals surface area contributed by atoms with E-state index in [4.69, 9.17) is 23.2 Å². The summed E-state index contributed by atoms with van der Waals surface area (Å²) >= 11 is 11.9. The van der Waals surface area contributed by atoms with Crippen molar-refractivity contribution in [3.8, 4) is 5.75 Å². The maximum atomic E-state index is 13.0. The Labute approximate surface area is 145 Å². The molecule has 3 rings (SSSR count). The van der Waals surface area contributed by atoms with Gasteiger partial charge < -0.3 is 10.4 Å². The fourth-order valence-electron chi connectivity index (χ4n) is 3.27. The van der Waals surface area contributed by atoms with Crippen LogP contribution in [0, 0.1) is 0 Å². The van der Waals surface area contributed by atoms with Crippen molar-refractivity contribution in [2.45, 2.75) is 31.1 Å². The molecule has 1 aliphatic carbocycles. The number of phenolic OH excluding ortho intramolecular Hbond substituents is 1. The van der Waals surface area contributed by atoms with E-state index in [-0.39, 0.29) is 21.7 Å². The molecule has 0 atom stereocenters. The van der Waals surface area contributed by atoms with Crippen LogP contribution in [0.1, 0.15) is 31.2 Å². The summed E-state index contributed by atoms with van der Waals surface area (Å²) in [6.45, 7) is 0. The molecule has 0 radical (unpaired) electrons. The number of phenols is 1. The highest BCUT2D eigenvalue weighted by Crippen LogP contribution is 2.42. The third-order valence-corrected chi connectivity index (χ3v) is 5.07. The van der Waals surface area contributed by atoms with Crippen LogP contribution in [0.5, 0.6) is 5.75 Å². The summed E-state index contributed by atoms with van der Waals surface area (Å²) in [5.74, 6) is -0.232. The molecule has 0 spiro atoms. The SMILES string of the molecule is O=C(Nc1cc(Cl)c(O)c(Cl)c1)C1(c2ccccc2)CCCC1. The van der Waals surface area contributed by atoms with Crippen molar-refractivity contribution in [1.82, 2.24) is 0 Å². The van der Waals surface area contributed by atoms with E-state index < -0.39 is 5.41 Å². The van der Waals surface area contributed by atoms with Crippen LogP contribution >= 0.6 is 23.2 Å². The number of benzene rings is 2. The predicted octanol–water partition coefficient (Wildman–Crippen LogP) is 5.15. The number of nitrogens with one attached hydrogen (secondary N) is 1. The van der Waals surface area contributed by atoms with Crippen molar-refractivity contribution < 1.29 is 9.90 Å². The maximum absolute atomic E-state index is 13.0. The number of hydrogen-bond acceptors (Lipinski definition) is 2. The molecule has 0 unspecified atom stereocenters. The quantitative estimate of drug-likeness (QED) is 0.752. The van der Waals surface area contributed by atoms with Gasteiger partial charge >= 0.3 is 0 Å². The first-order chi connectivity index (χ1) is 11.0. The number of carbonyl (C=O) groups is 1. The zero-order valence-electron chi connectivity index (χ0n) is 12.5. The molecule has 0 bridgehead atoms. The van der Waals surface area contributed by atoms with Crippen molar-refractivity contribution in [1.29, 1.82) is 0 Å². The molecular weight excluding hydrogens is 333 g/mol. The molecule has 1 saturated carbocycles. The smallest absolute Gasteiger partial charge is 0.235 e. The van der Waals surface area contributed by atoms with Crippen LogP contribution in [0.4, 0.5) is 5.69 Å². The van der Waals surface area contributed by atoms with Crippen LogP contribution in [0.15, 0.2) is 42.5 Å². The number of carbonyl (C=O) groups excluding carboxylic acids is 1. The van der Waals surface area contributed by atoms with E-state index in [1.807, 2.05) is 30.3 Å². The molecular formula is C18H17Cl2NO2. The van der Waals surface area contributed by atoms with E-state index in [0.717, 1.165) is 31.2 Å². The third-order valence-electron chi connectivity index (χ3n) is 4.49. The molecule has 0 aliphatic heterocycles. The van der Waals surface area contributed by atoms with E-state index in [2.05, 4.69) is 5.32 Å². The lowest BCUT2D eigenvalue weighted by Gasteiger charge is -2.28. The first kappa shape index (κ1) is 16.2. The molecule has 0 aromatic heterocycles. The van der Waals surface area contributed by atoms with Gasteiger partial charge in [-0.3, -0.25) is 4.79 Å². The van der Waals surface area contributed by atoms with E-state index in [1.54, 1.807) is 0 Å². The lowest BCUT2D eigenvalue weighted by molar-refractivity contribution is -0.121. The fraction of sp³-hybridized carbons (Fsp3) is 0.278. The Morgan fingerprint density at radius 2 is 1.61 bits per heavy atom. The average Bonchev–Trinajstić information content (AvgIpc) is 3.04. The Kier molecular flexibility index (Phi) is 4.51. The van der Waals surface area contributed by atoms with Gasteiger partial charge in [0.1, 0.15) is 0 Å². The number of amides is 1. The van der Waals surface area contributed by atoms with E-state index >= 15 is 0 Å². The highest BCUT2D eigenvalue weighted by molar-refractivity contribution is 6.37. The number of halogens is 2. The summed E-state index contributed by atoms with van der Waals surface area (Å²) in [5.41, 5.74) is 1.01. The highest BCUT2D eigenvalue weighted by atomic mass is 35.5. The van der Waals surface area contributed by atoms with Gasteiger partial charge in [-0.15, -0.1) is 0 Å². The minimum absolute atomic E-state index is 0.0565. The monoisotopic (exact) mass is 349 g/mol. The minimum atomic E-state index is -0.516. The second-order valence-corrected chi connectivity index (χ2v) is 6.71. The number of hydrogen-bond donors (Lipinski definition) is 2. The summed E-state index contributed by atoms with van der Waals surface area (Å²) in [6.07, 6.45) is 3.70. The average molecular weight is 350 g/mol. The number of anilines is 1. The van der Waals surface area contributed by atoms with Crippen molar-refractivity contribution in [2.75, 3.05) is 5.32 Å². The first-order valence-corrected chi connectivity index (χ1v) is 8.33. The molecule has 0 heterocycles. The second kappa shape index (κ2) is 6.42. The van der Waals surface area contributed by atoms with Gasteiger partial charge in [-0.05, 0) is 30.5 Å². The highest BCUT2D eigenvalue weighted by Gasteiger charge is 2.42. The predicted molar refractivity (Wildman–Crippen MR) is 93.3 cm³/mol. The van der Waals surface area contributed by atoms with Gasteiger partial charge in [0.2, 0.25) is 5.91 Å². The lowest BCUT2D eigenvalue weighted by atomic mass is 9.78. The Bertz CT molecular complexity index is 702. The first-order valence-electron chi connectivity index (χ1n) is 7.58. The lowest BCUT2D eigenvalue weighted by Crippen LogP contribution is -2.37. The van der Waals surface area contributed by atoms with E-state index in [1.165, 1.54) is 12.1 Å². The molecule has 2 aromatic rings. The Hall–Kier alpha value is -1.71. The number of rotatable bonds is 3. The van der Waals surface area contributed by atoms with Gasteiger partial charge in [0, 0.05) is 5.69 Å². The van der Waals surface area contributed by atoms with Crippen molar-refractivity contribution >= 4 is 34.8 Å². The van der Waals surface area contributed by atoms with Crippen molar-refractivity contribution in [2.24, 2.45) is 0 Å². The zero-order chi connectivity index (χ0) is 16.4. The largest absolute Gasteiger partial charge is 0.505 e. The van der Waals surface area contributed by atoms with Crippen molar-refractivity contribution in [3.05, 3.63) is 58.1 Å². The third kappa shape index (κ3) is 3.04. The molecule has 3 nitrogen and oxygen atoms in total. The maximum Gasteiger partial charge on any atom is 0.235 e. The molecule has 0 saturated heterocycles. The van der Waals surface area contributed by atoms with Crippen LogP contribution in [0.2, 0.25) is 10.0 Å². The zero-order valence-corrected chi connectivity index (χ0v) is 14.0. The van der Waals surface area contributed by atoms with Gasteiger partial charge in [-0.1, -0.05) is 66.4 Å². The molecule has 5 heteroatoms. The minimum Gasteiger partial charge on any atom is -0.505 e. The Morgan fingerprint density at radius 3 is 2.17 bits per heavy atom. The van der Waals surface area contributed by atoms with Crippen LogP contribution in [-0.2, 0) is 10.2 Å². The molecule has 2 N–H and O–H groups in total. The molecule has 2 aromatic carbocycles. The molecule has 1 aliphatic rings. The summed E-state index contributed by atoms with van der Waals surface area (Å²) in [5, 5.41) is 12.8. The molecule has 120 valence electrons. The van der Waals surface area contributed by atoms with Crippen molar-refractivity contribution in [3.63, 3.8) is 0 Å². The normalized spacial score (nSPS) is 16.3. The van der Waals surface area contributed by atoms with Crippen LogP contribution < -0.4 is 5.32 Å². The van der Waals surface area contributed by atoms with Gasteiger partial charge in [-0.2, -0.15) is 0 Å². The Morgan fingerprint density at radius 1 is 1.04 bits per heavy atom. The van der Waals surface area contributed by atoms with Gasteiger partial charge in [0.15, 0.2) is 5.75 Å². The summed E-state index contributed by atoms with van der Waals surface area (Å²) < 4.78 is 0. The number of aromatic hydroxyl groups is 1. The molecule has 23 heavy (non-hydrogen) atoms. The van der Waals surface area contributed by atoms with Crippen LogP contribution in [0.25, 0.3) is 0 Å². The topological polar surface area (TPSA) is 49.3 Å². The summed E-state index contributed by atoms with van der Waals surface area (Å²) in [7, 11) is 0. The van der Waals surface area contributed by atoms with Crippen LogP contribution in [0.3, 0.4) is 0 Å². The molecule has 1 amide bonds. The van der Waals surface area contributed by atoms with Gasteiger partial charge in [-0.25, -0.2) is 0 Å². The Balaban J connectivity index is 1.92. The fourth-order valence-corrected chi connectivity index (χ4v) is 3.76. The van der Waals surface area contributed by atoms with E-state index in [0.29, 0.717) is 5.69 Å². The van der Waals surface area contributed by atoms with Gasteiger partial charge in [0.25, 0.3) is 0 Å². The van der Waals surface area contributed by atoms with E-state index in [9.17, 15) is 9.90 Å². The second-order valence-electron chi connectivity index (χ2n) is 5.90.